The van der Waals surface area contributed by atoms with E-state index in [4.69, 9.17) is 9.47 Å². The Morgan fingerprint density at radius 1 is 0.870 bits per heavy atom. The fraction of sp³-hybridized carbons (Fsp3) is 0.929. The van der Waals surface area contributed by atoms with Crippen LogP contribution >= 0.6 is 0 Å². The van der Waals surface area contributed by atoms with Crippen LogP contribution in [0.5, 0.6) is 0 Å². The van der Waals surface area contributed by atoms with Crippen molar-refractivity contribution in [1.82, 2.24) is 14.1 Å². The van der Waals surface area contributed by atoms with Gasteiger partial charge in [-0.1, -0.05) is 0 Å². The lowest BCUT2D eigenvalue weighted by Crippen LogP contribution is -2.55. The second kappa shape index (κ2) is 7.33. The third kappa shape index (κ3) is 3.78. The molecule has 3 aliphatic heterocycles. The smallest absolute Gasteiger partial charge is 0.320 e. The van der Waals surface area contributed by atoms with E-state index in [1.54, 1.807) is 9.80 Å². The van der Waals surface area contributed by atoms with Crippen LogP contribution in [0.25, 0.3) is 0 Å². The van der Waals surface area contributed by atoms with Gasteiger partial charge in [0.05, 0.1) is 31.7 Å². The minimum absolute atomic E-state index is 0.0600. The van der Waals surface area contributed by atoms with Gasteiger partial charge in [-0.15, -0.1) is 0 Å². The van der Waals surface area contributed by atoms with Crippen LogP contribution in [-0.4, -0.2) is 99.5 Å². The SMILES string of the molecule is O=C(N1CCOCC1)N1CCCC(S(=O)(=O)N2CCOCC2)C1. The molecule has 23 heavy (non-hydrogen) atoms. The Labute approximate surface area is 137 Å². The first kappa shape index (κ1) is 16.9. The summed E-state index contributed by atoms with van der Waals surface area (Å²) in [5.74, 6) is 0. The largest absolute Gasteiger partial charge is 0.379 e. The molecule has 0 aromatic heterocycles. The van der Waals surface area contributed by atoms with Gasteiger partial charge in [0.15, 0.2) is 0 Å². The maximum absolute atomic E-state index is 12.8. The van der Waals surface area contributed by atoms with Gasteiger partial charge >= 0.3 is 6.03 Å². The molecule has 0 bridgehead atoms. The minimum atomic E-state index is -3.37. The average molecular weight is 347 g/mol. The summed E-state index contributed by atoms with van der Waals surface area (Å²) < 4.78 is 37.6. The molecule has 0 spiro atoms. The molecule has 3 aliphatic rings. The molecule has 0 aromatic carbocycles. The highest BCUT2D eigenvalue weighted by Crippen LogP contribution is 2.22. The van der Waals surface area contributed by atoms with E-state index < -0.39 is 15.3 Å². The molecule has 2 amide bonds. The van der Waals surface area contributed by atoms with E-state index in [0.717, 1.165) is 6.42 Å². The molecule has 1 unspecified atom stereocenters. The van der Waals surface area contributed by atoms with Crippen LogP contribution in [0, 0.1) is 0 Å². The molecule has 3 heterocycles. The van der Waals surface area contributed by atoms with Crippen molar-refractivity contribution in [3.8, 4) is 0 Å². The molecule has 1 atom stereocenters. The Hall–Kier alpha value is -0.900. The molecule has 8 nitrogen and oxygen atoms in total. The Balaban J connectivity index is 1.64. The van der Waals surface area contributed by atoms with E-state index in [2.05, 4.69) is 0 Å². The first-order chi connectivity index (χ1) is 11.1. The summed E-state index contributed by atoms with van der Waals surface area (Å²) in [6.45, 7) is 4.90. The molecule has 3 saturated heterocycles. The third-order valence-corrected chi connectivity index (χ3v) is 6.99. The fourth-order valence-electron chi connectivity index (χ4n) is 3.32. The topological polar surface area (TPSA) is 79.4 Å². The van der Waals surface area contributed by atoms with Gasteiger partial charge in [0, 0.05) is 39.3 Å². The average Bonchev–Trinajstić information content (AvgIpc) is 2.62. The van der Waals surface area contributed by atoms with Crippen molar-refractivity contribution in [2.45, 2.75) is 18.1 Å². The zero-order valence-corrected chi connectivity index (χ0v) is 14.2. The number of piperidine rings is 1. The molecule has 0 aromatic rings. The Morgan fingerprint density at radius 3 is 2.13 bits per heavy atom. The van der Waals surface area contributed by atoms with Gasteiger partial charge < -0.3 is 19.3 Å². The van der Waals surface area contributed by atoms with Crippen molar-refractivity contribution in [2.24, 2.45) is 0 Å². The van der Waals surface area contributed by atoms with Gasteiger partial charge in [-0.2, -0.15) is 4.31 Å². The van der Waals surface area contributed by atoms with Gasteiger partial charge in [-0.05, 0) is 12.8 Å². The number of carbonyl (C=O) groups is 1. The lowest BCUT2D eigenvalue weighted by atomic mass is 10.1. The van der Waals surface area contributed by atoms with Crippen molar-refractivity contribution < 1.29 is 22.7 Å². The summed E-state index contributed by atoms with van der Waals surface area (Å²) in [6.07, 6.45) is 1.34. The summed E-state index contributed by atoms with van der Waals surface area (Å²) >= 11 is 0. The monoisotopic (exact) mass is 347 g/mol. The van der Waals surface area contributed by atoms with Crippen molar-refractivity contribution in [3.63, 3.8) is 0 Å². The summed E-state index contributed by atoms with van der Waals surface area (Å²) in [5, 5.41) is -0.501. The van der Waals surface area contributed by atoms with Crippen LogP contribution in [0.3, 0.4) is 0 Å². The Bertz CT molecular complexity index is 515. The molecular formula is C14H25N3O5S. The van der Waals surface area contributed by atoms with Crippen LogP contribution in [0.4, 0.5) is 4.79 Å². The minimum Gasteiger partial charge on any atom is -0.379 e. The number of hydrogen-bond acceptors (Lipinski definition) is 5. The maximum Gasteiger partial charge on any atom is 0.320 e. The van der Waals surface area contributed by atoms with Crippen molar-refractivity contribution in [2.75, 3.05) is 65.7 Å². The van der Waals surface area contributed by atoms with E-state index in [1.165, 1.54) is 4.31 Å². The number of nitrogens with zero attached hydrogens (tertiary/aromatic N) is 3. The fourth-order valence-corrected chi connectivity index (χ4v) is 5.23. The predicted molar refractivity (Wildman–Crippen MR) is 83.7 cm³/mol. The van der Waals surface area contributed by atoms with Crippen LogP contribution in [0.1, 0.15) is 12.8 Å². The third-order valence-electron chi connectivity index (χ3n) is 4.68. The standard InChI is InChI=1S/C14H25N3O5S/c18-14(15-4-8-21-9-5-15)16-3-1-2-13(12-16)23(19,20)17-6-10-22-11-7-17/h13H,1-12H2. The summed E-state index contributed by atoms with van der Waals surface area (Å²) in [7, 11) is -3.37. The Morgan fingerprint density at radius 2 is 1.48 bits per heavy atom. The molecule has 3 rings (SSSR count). The van der Waals surface area contributed by atoms with Gasteiger partial charge in [-0.25, -0.2) is 13.2 Å². The molecule has 0 saturated carbocycles. The zero-order chi connectivity index (χ0) is 16.3. The number of morpholine rings is 2. The second-order valence-corrected chi connectivity index (χ2v) is 8.36. The van der Waals surface area contributed by atoms with Crippen LogP contribution in [-0.2, 0) is 19.5 Å². The number of hydrogen-bond donors (Lipinski definition) is 0. The number of urea groups is 1. The highest BCUT2D eigenvalue weighted by Gasteiger charge is 2.38. The lowest BCUT2D eigenvalue weighted by Gasteiger charge is -2.39. The first-order valence-corrected chi connectivity index (χ1v) is 9.77. The highest BCUT2D eigenvalue weighted by molar-refractivity contribution is 7.89. The number of likely N-dealkylation sites (tertiary alicyclic amines) is 1. The molecule has 0 radical (unpaired) electrons. The van der Waals surface area contributed by atoms with Crippen LogP contribution < -0.4 is 0 Å². The van der Waals surface area contributed by atoms with Crippen molar-refractivity contribution >= 4 is 16.1 Å². The van der Waals surface area contributed by atoms with Crippen molar-refractivity contribution in [3.05, 3.63) is 0 Å². The summed E-state index contributed by atoms with van der Waals surface area (Å²) in [5.41, 5.74) is 0. The van der Waals surface area contributed by atoms with E-state index in [0.29, 0.717) is 65.6 Å². The first-order valence-electron chi connectivity index (χ1n) is 8.27. The maximum atomic E-state index is 12.8. The molecule has 9 heteroatoms. The van der Waals surface area contributed by atoms with Gasteiger partial charge in [0.2, 0.25) is 10.0 Å². The van der Waals surface area contributed by atoms with Gasteiger partial charge in [-0.3, -0.25) is 0 Å². The number of rotatable bonds is 2. The van der Waals surface area contributed by atoms with Gasteiger partial charge in [0.1, 0.15) is 0 Å². The van der Waals surface area contributed by atoms with Crippen LogP contribution in [0.2, 0.25) is 0 Å². The molecular weight excluding hydrogens is 322 g/mol. The number of sulfonamides is 1. The summed E-state index contributed by atoms with van der Waals surface area (Å²) in [6, 6.07) is -0.0600. The van der Waals surface area contributed by atoms with E-state index in [9.17, 15) is 13.2 Å². The predicted octanol–water partition coefficient (Wildman–Crippen LogP) is -0.435. The van der Waals surface area contributed by atoms with E-state index >= 15 is 0 Å². The molecule has 132 valence electrons. The highest BCUT2D eigenvalue weighted by atomic mass is 32.2. The Kier molecular flexibility index (Phi) is 5.40. The number of amides is 2. The molecule has 0 N–H and O–H groups in total. The van der Waals surface area contributed by atoms with Crippen molar-refractivity contribution in [1.29, 1.82) is 0 Å². The summed E-state index contributed by atoms with van der Waals surface area (Å²) in [4.78, 5) is 16.0. The quantitative estimate of drug-likeness (QED) is 0.677. The van der Waals surface area contributed by atoms with Gasteiger partial charge in [0.25, 0.3) is 0 Å². The lowest BCUT2D eigenvalue weighted by molar-refractivity contribution is 0.0416. The molecule has 0 aliphatic carbocycles. The van der Waals surface area contributed by atoms with Crippen LogP contribution in [0.15, 0.2) is 0 Å². The molecule has 3 fully saturated rings. The second-order valence-electron chi connectivity index (χ2n) is 6.15. The van der Waals surface area contributed by atoms with E-state index in [-0.39, 0.29) is 12.6 Å². The van der Waals surface area contributed by atoms with E-state index in [1.807, 2.05) is 0 Å². The number of carbonyl (C=O) groups excluding carboxylic acids is 1. The zero-order valence-electron chi connectivity index (χ0n) is 13.4. The normalized spacial score (nSPS) is 27.9. The number of ether oxygens (including phenoxy) is 2.